The number of nitrogen functional groups attached to an aromatic ring is 1. The summed E-state index contributed by atoms with van der Waals surface area (Å²) in [7, 11) is 0. The minimum atomic E-state index is -0.489. The fraction of sp³-hybridized carbons (Fsp3) is 0.0588. The Hall–Kier alpha value is -3.88. The van der Waals surface area contributed by atoms with Crippen molar-refractivity contribution >= 4 is 29.0 Å². The summed E-state index contributed by atoms with van der Waals surface area (Å²) in [6, 6.07) is 10.2. The maximum atomic E-state index is 12.5. The van der Waals surface area contributed by atoms with Crippen LogP contribution in [0, 0.1) is 0 Å². The van der Waals surface area contributed by atoms with E-state index in [0.717, 1.165) is 0 Å². The summed E-state index contributed by atoms with van der Waals surface area (Å²) in [5.41, 5.74) is 6.79. The number of aromatic nitrogens is 3. The normalized spacial score (nSPS) is 12.7. The molecule has 0 saturated carbocycles. The zero-order valence-corrected chi connectivity index (χ0v) is 13.5. The third-order valence-electron chi connectivity index (χ3n) is 3.72. The number of carbonyl (C=O) groups excluding carboxylic acids is 2. The second kappa shape index (κ2) is 6.20. The van der Waals surface area contributed by atoms with Crippen LogP contribution < -0.4 is 21.1 Å². The molecule has 0 atom stereocenters. The number of amides is 2. The lowest BCUT2D eigenvalue weighted by Crippen LogP contribution is -2.26. The highest BCUT2D eigenvalue weighted by Crippen LogP contribution is 2.26. The minimum absolute atomic E-state index is 0.118. The van der Waals surface area contributed by atoms with E-state index in [-0.39, 0.29) is 29.9 Å². The van der Waals surface area contributed by atoms with Gasteiger partial charge in [-0.15, -0.1) is 0 Å². The number of hydrogen-bond acceptors (Lipinski definition) is 6. The fourth-order valence-electron chi connectivity index (χ4n) is 2.45. The average molecular weight is 350 g/mol. The van der Waals surface area contributed by atoms with Crippen LogP contribution in [-0.2, 0) is 4.79 Å². The fourth-order valence-corrected chi connectivity index (χ4v) is 2.45. The van der Waals surface area contributed by atoms with Gasteiger partial charge < -0.3 is 25.7 Å². The molecule has 0 radical (unpaired) electrons. The first-order valence-corrected chi connectivity index (χ1v) is 7.75. The largest absolute Gasteiger partial charge is 0.466 e. The van der Waals surface area contributed by atoms with Crippen molar-refractivity contribution in [2.45, 2.75) is 0 Å². The zero-order chi connectivity index (χ0) is 18.1. The van der Waals surface area contributed by atoms with Gasteiger partial charge in [-0.25, -0.2) is 9.97 Å². The van der Waals surface area contributed by atoms with E-state index >= 15 is 0 Å². The molecule has 0 saturated heterocycles. The summed E-state index contributed by atoms with van der Waals surface area (Å²) in [6.45, 7) is -0.140. The molecule has 0 unspecified atom stereocenters. The van der Waals surface area contributed by atoms with E-state index in [1.807, 2.05) is 24.5 Å². The highest BCUT2D eigenvalue weighted by Gasteiger charge is 2.20. The summed E-state index contributed by atoms with van der Waals surface area (Å²) >= 11 is 0. The van der Waals surface area contributed by atoms with Gasteiger partial charge in [-0.3, -0.25) is 9.59 Å². The standard InChI is InChI=1S/C17H14N6O3/c18-10-3-6-13(23-7-1-2-8-23)21-15(10)22-16(25)11-4-5-12-17(20-11)26-9-14(24)19-12/h1-8H,9,18H2,(H,19,24)(H,21,22,25). The third-order valence-corrected chi connectivity index (χ3v) is 3.72. The average Bonchev–Trinajstić information content (AvgIpc) is 3.17. The molecule has 0 aromatic carbocycles. The number of rotatable bonds is 3. The lowest BCUT2D eigenvalue weighted by Gasteiger charge is -2.17. The molecule has 4 rings (SSSR count). The minimum Gasteiger partial charge on any atom is -0.466 e. The second-order valence-corrected chi connectivity index (χ2v) is 5.54. The lowest BCUT2D eigenvalue weighted by molar-refractivity contribution is -0.118. The number of carbonyl (C=O) groups is 2. The molecule has 3 aromatic heterocycles. The number of nitrogens with one attached hydrogen (secondary N) is 2. The smallest absolute Gasteiger partial charge is 0.275 e. The summed E-state index contributed by atoms with van der Waals surface area (Å²) in [5.74, 6) is 0.283. The Kier molecular flexibility index (Phi) is 3.73. The van der Waals surface area contributed by atoms with Crippen LogP contribution in [0.2, 0.25) is 0 Å². The Labute approximate surface area is 147 Å². The van der Waals surface area contributed by atoms with Crippen molar-refractivity contribution in [2.75, 3.05) is 23.0 Å². The molecule has 0 aliphatic carbocycles. The molecule has 4 heterocycles. The van der Waals surface area contributed by atoms with Gasteiger partial charge in [0.15, 0.2) is 12.4 Å². The van der Waals surface area contributed by atoms with Crippen LogP contribution in [0.3, 0.4) is 0 Å². The first-order valence-electron chi connectivity index (χ1n) is 7.75. The van der Waals surface area contributed by atoms with Crippen LogP contribution in [-0.4, -0.2) is 33.0 Å². The van der Waals surface area contributed by atoms with Crippen molar-refractivity contribution in [3.05, 3.63) is 54.5 Å². The van der Waals surface area contributed by atoms with E-state index in [1.165, 1.54) is 6.07 Å². The number of hydrogen-bond donors (Lipinski definition) is 3. The quantitative estimate of drug-likeness (QED) is 0.656. The molecule has 0 spiro atoms. The van der Waals surface area contributed by atoms with Gasteiger partial charge in [-0.1, -0.05) is 0 Å². The molecular formula is C17H14N6O3. The molecule has 0 fully saturated rings. The molecule has 26 heavy (non-hydrogen) atoms. The zero-order valence-electron chi connectivity index (χ0n) is 13.5. The molecular weight excluding hydrogens is 336 g/mol. The molecule has 4 N–H and O–H groups in total. The maximum Gasteiger partial charge on any atom is 0.275 e. The van der Waals surface area contributed by atoms with Gasteiger partial charge in [0.25, 0.3) is 11.8 Å². The van der Waals surface area contributed by atoms with Crippen LogP contribution >= 0.6 is 0 Å². The van der Waals surface area contributed by atoms with Gasteiger partial charge in [0.1, 0.15) is 17.2 Å². The highest BCUT2D eigenvalue weighted by atomic mass is 16.5. The number of ether oxygens (including phenoxy) is 1. The van der Waals surface area contributed by atoms with Crippen molar-refractivity contribution in [1.29, 1.82) is 0 Å². The van der Waals surface area contributed by atoms with Crippen molar-refractivity contribution in [2.24, 2.45) is 0 Å². The number of fused-ring (bicyclic) bond motifs is 1. The van der Waals surface area contributed by atoms with Crippen molar-refractivity contribution < 1.29 is 14.3 Å². The lowest BCUT2D eigenvalue weighted by atomic mass is 10.3. The van der Waals surface area contributed by atoms with E-state index < -0.39 is 5.91 Å². The summed E-state index contributed by atoms with van der Waals surface area (Å²) in [4.78, 5) is 32.3. The summed E-state index contributed by atoms with van der Waals surface area (Å²) in [6.07, 6.45) is 3.67. The summed E-state index contributed by atoms with van der Waals surface area (Å²) < 4.78 is 7.02. The van der Waals surface area contributed by atoms with Crippen LogP contribution in [0.4, 0.5) is 17.2 Å². The van der Waals surface area contributed by atoms with Gasteiger partial charge in [0.2, 0.25) is 5.88 Å². The Bertz CT molecular complexity index is 1000. The van der Waals surface area contributed by atoms with E-state index in [1.54, 1.807) is 22.8 Å². The van der Waals surface area contributed by atoms with Gasteiger partial charge in [0, 0.05) is 12.4 Å². The molecule has 1 aliphatic rings. The monoisotopic (exact) mass is 350 g/mol. The van der Waals surface area contributed by atoms with Crippen LogP contribution in [0.25, 0.3) is 5.82 Å². The number of anilines is 3. The highest BCUT2D eigenvalue weighted by molar-refractivity contribution is 6.04. The first-order chi connectivity index (χ1) is 12.6. The Morgan fingerprint density at radius 2 is 2.00 bits per heavy atom. The number of pyridine rings is 2. The molecule has 0 bridgehead atoms. The van der Waals surface area contributed by atoms with Gasteiger partial charge in [-0.05, 0) is 36.4 Å². The van der Waals surface area contributed by atoms with Crippen molar-refractivity contribution in [3.63, 3.8) is 0 Å². The van der Waals surface area contributed by atoms with E-state index in [0.29, 0.717) is 17.2 Å². The third kappa shape index (κ3) is 2.93. The predicted molar refractivity (Wildman–Crippen MR) is 94.3 cm³/mol. The topological polar surface area (TPSA) is 124 Å². The Morgan fingerprint density at radius 1 is 1.19 bits per heavy atom. The van der Waals surface area contributed by atoms with Gasteiger partial charge >= 0.3 is 0 Å². The van der Waals surface area contributed by atoms with E-state index in [4.69, 9.17) is 10.5 Å². The Morgan fingerprint density at radius 3 is 2.81 bits per heavy atom. The molecule has 2 amide bonds. The van der Waals surface area contributed by atoms with Crippen LogP contribution in [0.15, 0.2) is 48.8 Å². The van der Waals surface area contributed by atoms with Crippen molar-refractivity contribution in [1.82, 2.24) is 14.5 Å². The van der Waals surface area contributed by atoms with E-state index in [9.17, 15) is 9.59 Å². The molecule has 9 heteroatoms. The molecule has 1 aliphatic heterocycles. The second-order valence-electron chi connectivity index (χ2n) is 5.54. The molecule has 3 aromatic rings. The maximum absolute atomic E-state index is 12.5. The number of nitrogens with zero attached hydrogens (tertiary/aromatic N) is 3. The van der Waals surface area contributed by atoms with Gasteiger partial charge in [-0.2, -0.15) is 0 Å². The SMILES string of the molecule is Nc1ccc(-n2cccc2)nc1NC(=O)c1ccc2c(n1)OCC(=O)N2. The molecule has 9 nitrogen and oxygen atoms in total. The van der Waals surface area contributed by atoms with Crippen molar-refractivity contribution in [3.8, 4) is 11.7 Å². The van der Waals surface area contributed by atoms with Crippen LogP contribution in [0.5, 0.6) is 5.88 Å². The predicted octanol–water partition coefficient (Wildman–Crippen LogP) is 1.43. The Balaban J connectivity index is 1.59. The number of nitrogens with two attached hydrogens (primary N) is 1. The van der Waals surface area contributed by atoms with E-state index in [2.05, 4.69) is 20.6 Å². The molecule has 130 valence electrons. The summed E-state index contributed by atoms with van der Waals surface area (Å²) in [5, 5.41) is 5.27. The van der Waals surface area contributed by atoms with Crippen LogP contribution in [0.1, 0.15) is 10.5 Å². The van der Waals surface area contributed by atoms with Gasteiger partial charge in [0.05, 0.1) is 5.69 Å². The first kappa shape index (κ1) is 15.6.